The minimum atomic E-state index is -0.168. The SMILES string of the molecule is O=C(COCc1ccccc1Cl)NCc1cccc(Cn2cncn2)c1. The number of carbonyl (C=O) groups is 1. The fourth-order valence-electron chi connectivity index (χ4n) is 2.46. The van der Waals surface area contributed by atoms with Crippen LogP contribution in [-0.4, -0.2) is 27.3 Å². The average molecular weight is 371 g/mol. The Bertz CT molecular complexity index is 852. The van der Waals surface area contributed by atoms with Gasteiger partial charge in [-0.3, -0.25) is 4.79 Å². The van der Waals surface area contributed by atoms with E-state index in [2.05, 4.69) is 15.4 Å². The van der Waals surface area contributed by atoms with Gasteiger partial charge in [0.2, 0.25) is 5.91 Å². The molecule has 134 valence electrons. The van der Waals surface area contributed by atoms with Gasteiger partial charge >= 0.3 is 0 Å². The maximum atomic E-state index is 11.9. The number of ether oxygens (including phenoxy) is 1. The van der Waals surface area contributed by atoms with Gasteiger partial charge in [0, 0.05) is 11.6 Å². The molecule has 26 heavy (non-hydrogen) atoms. The molecule has 0 saturated heterocycles. The summed E-state index contributed by atoms with van der Waals surface area (Å²) in [6.45, 7) is 1.38. The highest BCUT2D eigenvalue weighted by Crippen LogP contribution is 2.15. The van der Waals surface area contributed by atoms with Crippen LogP contribution in [0, 0.1) is 0 Å². The van der Waals surface area contributed by atoms with Gasteiger partial charge in [-0.1, -0.05) is 54.1 Å². The summed E-state index contributed by atoms with van der Waals surface area (Å²) in [5, 5.41) is 7.58. The quantitative estimate of drug-likeness (QED) is 0.662. The van der Waals surface area contributed by atoms with Crippen molar-refractivity contribution in [2.24, 2.45) is 0 Å². The zero-order chi connectivity index (χ0) is 18.2. The van der Waals surface area contributed by atoms with Crippen LogP contribution in [0.1, 0.15) is 16.7 Å². The van der Waals surface area contributed by atoms with Crippen LogP contribution in [0.3, 0.4) is 0 Å². The van der Waals surface area contributed by atoms with Gasteiger partial charge in [0.25, 0.3) is 0 Å². The third-order valence-corrected chi connectivity index (χ3v) is 4.11. The van der Waals surface area contributed by atoms with E-state index in [4.69, 9.17) is 16.3 Å². The highest BCUT2D eigenvalue weighted by molar-refractivity contribution is 6.31. The van der Waals surface area contributed by atoms with Gasteiger partial charge in [-0.15, -0.1) is 0 Å². The third kappa shape index (κ3) is 5.40. The lowest BCUT2D eigenvalue weighted by molar-refractivity contribution is -0.126. The van der Waals surface area contributed by atoms with E-state index < -0.39 is 0 Å². The first-order valence-electron chi connectivity index (χ1n) is 8.19. The predicted octanol–water partition coefficient (Wildman–Crippen LogP) is 2.81. The van der Waals surface area contributed by atoms with Crippen LogP contribution in [0.2, 0.25) is 5.02 Å². The summed E-state index contributed by atoms with van der Waals surface area (Å²) in [6, 6.07) is 15.4. The van der Waals surface area contributed by atoms with Crippen molar-refractivity contribution >= 4 is 17.5 Å². The molecule has 1 N–H and O–H groups in total. The molecule has 0 bridgehead atoms. The number of nitrogens with one attached hydrogen (secondary N) is 1. The Kier molecular flexibility index (Phi) is 6.35. The summed E-state index contributed by atoms with van der Waals surface area (Å²) in [5.41, 5.74) is 2.97. The van der Waals surface area contributed by atoms with Crippen molar-refractivity contribution in [3.05, 3.63) is 82.9 Å². The van der Waals surface area contributed by atoms with Crippen molar-refractivity contribution in [3.63, 3.8) is 0 Å². The largest absolute Gasteiger partial charge is 0.367 e. The summed E-state index contributed by atoms with van der Waals surface area (Å²) >= 11 is 6.06. The molecule has 7 heteroatoms. The topological polar surface area (TPSA) is 69.0 Å². The van der Waals surface area contributed by atoms with Crippen molar-refractivity contribution in [1.29, 1.82) is 0 Å². The maximum absolute atomic E-state index is 11.9. The molecule has 0 unspecified atom stereocenters. The molecule has 1 aromatic heterocycles. The van der Waals surface area contributed by atoms with E-state index in [0.29, 0.717) is 24.7 Å². The first-order valence-corrected chi connectivity index (χ1v) is 8.56. The smallest absolute Gasteiger partial charge is 0.246 e. The normalized spacial score (nSPS) is 10.7. The molecule has 0 spiro atoms. The molecule has 0 aliphatic rings. The van der Waals surface area contributed by atoms with Gasteiger partial charge in [0.1, 0.15) is 19.3 Å². The van der Waals surface area contributed by atoms with E-state index in [9.17, 15) is 4.79 Å². The van der Waals surface area contributed by atoms with Gasteiger partial charge in [-0.25, -0.2) is 9.67 Å². The molecule has 0 fully saturated rings. The lowest BCUT2D eigenvalue weighted by Gasteiger charge is -2.09. The van der Waals surface area contributed by atoms with Crippen LogP contribution < -0.4 is 5.32 Å². The second kappa shape index (κ2) is 9.12. The molecule has 0 atom stereocenters. The number of hydrogen-bond acceptors (Lipinski definition) is 4. The van der Waals surface area contributed by atoms with Gasteiger partial charge < -0.3 is 10.1 Å². The van der Waals surface area contributed by atoms with E-state index in [0.717, 1.165) is 16.7 Å². The summed E-state index contributed by atoms with van der Waals surface area (Å²) in [4.78, 5) is 15.9. The van der Waals surface area contributed by atoms with Gasteiger partial charge in [0.05, 0.1) is 13.2 Å². The van der Waals surface area contributed by atoms with Crippen molar-refractivity contribution < 1.29 is 9.53 Å². The zero-order valence-corrected chi connectivity index (χ0v) is 14.9. The van der Waals surface area contributed by atoms with E-state index >= 15 is 0 Å². The Morgan fingerprint density at radius 1 is 1.15 bits per heavy atom. The van der Waals surface area contributed by atoms with Crippen LogP contribution in [0.4, 0.5) is 0 Å². The van der Waals surface area contributed by atoms with Gasteiger partial charge in [-0.2, -0.15) is 5.10 Å². The molecule has 0 aliphatic carbocycles. The summed E-state index contributed by atoms with van der Waals surface area (Å²) in [5.74, 6) is -0.168. The molecule has 2 aromatic carbocycles. The number of aromatic nitrogens is 3. The van der Waals surface area contributed by atoms with Crippen molar-refractivity contribution in [2.75, 3.05) is 6.61 Å². The van der Waals surface area contributed by atoms with Gasteiger partial charge in [0.15, 0.2) is 0 Å². The molecule has 6 nitrogen and oxygen atoms in total. The third-order valence-electron chi connectivity index (χ3n) is 3.74. The molecule has 1 amide bonds. The van der Waals surface area contributed by atoms with Crippen LogP contribution in [0.5, 0.6) is 0 Å². The Labute approximate surface area is 156 Å². The molecular weight excluding hydrogens is 352 g/mol. The fraction of sp³-hybridized carbons (Fsp3) is 0.211. The fourth-order valence-corrected chi connectivity index (χ4v) is 2.65. The average Bonchev–Trinajstić information content (AvgIpc) is 3.15. The Hall–Kier alpha value is -2.70. The molecular formula is C19H19ClN4O2. The Balaban J connectivity index is 1.43. The minimum Gasteiger partial charge on any atom is -0.367 e. The minimum absolute atomic E-state index is 0.0100. The second-order valence-corrected chi connectivity index (χ2v) is 6.18. The van der Waals surface area contributed by atoms with Crippen molar-refractivity contribution in [2.45, 2.75) is 19.7 Å². The van der Waals surface area contributed by atoms with Crippen LogP contribution >= 0.6 is 11.6 Å². The number of amides is 1. The van der Waals surface area contributed by atoms with E-state index in [1.54, 1.807) is 17.1 Å². The molecule has 0 saturated carbocycles. The zero-order valence-electron chi connectivity index (χ0n) is 14.1. The molecule has 0 radical (unpaired) electrons. The number of hydrogen-bond donors (Lipinski definition) is 1. The monoisotopic (exact) mass is 370 g/mol. The molecule has 1 heterocycles. The molecule has 3 aromatic rings. The highest BCUT2D eigenvalue weighted by atomic mass is 35.5. The van der Waals surface area contributed by atoms with Gasteiger partial charge in [-0.05, 0) is 22.8 Å². The summed E-state index contributed by atoms with van der Waals surface area (Å²) < 4.78 is 7.18. The van der Waals surface area contributed by atoms with Crippen LogP contribution in [0.25, 0.3) is 0 Å². The number of halogens is 1. The molecule has 3 rings (SSSR count). The van der Waals surface area contributed by atoms with Crippen molar-refractivity contribution in [1.82, 2.24) is 20.1 Å². The molecule has 0 aliphatic heterocycles. The second-order valence-electron chi connectivity index (χ2n) is 5.77. The number of rotatable bonds is 8. The first kappa shape index (κ1) is 18.1. The van der Waals surface area contributed by atoms with Crippen molar-refractivity contribution in [3.8, 4) is 0 Å². The van der Waals surface area contributed by atoms with E-state index in [-0.39, 0.29) is 12.5 Å². The Morgan fingerprint density at radius 3 is 2.81 bits per heavy atom. The first-order chi connectivity index (χ1) is 12.7. The van der Waals surface area contributed by atoms with E-state index in [1.165, 1.54) is 6.33 Å². The predicted molar refractivity (Wildman–Crippen MR) is 98.5 cm³/mol. The van der Waals surface area contributed by atoms with Crippen LogP contribution in [0.15, 0.2) is 61.2 Å². The number of benzene rings is 2. The van der Waals surface area contributed by atoms with E-state index in [1.807, 2.05) is 42.5 Å². The lowest BCUT2D eigenvalue weighted by atomic mass is 10.1. The standard InChI is InChI=1S/C19H19ClN4O2/c20-18-7-2-1-6-17(18)11-26-12-19(25)22-9-15-4-3-5-16(8-15)10-24-14-21-13-23-24/h1-8,13-14H,9-12H2,(H,22,25). The van der Waals surface area contributed by atoms with Crippen LogP contribution in [-0.2, 0) is 29.2 Å². The maximum Gasteiger partial charge on any atom is 0.246 e. The lowest BCUT2D eigenvalue weighted by Crippen LogP contribution is -2.27. The summed E-state index contributed by atoms with van der Waals surface area (Å²) in [7, 11) is 0. The Morgan fingerprint density at radius 2 is 2.00 bits per heavy atom. The number of nitrogens with zero attached hydrogens (tertiary/aromatic N) is 3. The summed E-state index contributed by atoms with van der Waals surface area (Å²) in [6.07, 6.45) is 3.18. The number of carbonyl (C=O) groups excluding carboxylic acids is 1. The highest BCUT2D eigenvalue weighted by Gasteiger charge is 2.05.